The molecular weight excluding hydrogens is 228 g/mol. The monoisotopic (exact) mass is 252 g/mol. The zero-order valence-corrected chi connectivity index (χ0v) is 11.7. The third kappa shape index (κ3) is 3.25. The summed E-state index contributed by atoms with van der Waals surface area (Å²) in [6, 6.07) is 0.275. The summed E-state index contributed by atoms with van der Waals surface area (Å²) >= 11 is 0. The average Bonchev–Trinajstić information content (AvgIpc) is 2.84. The predicted molar refractivity (Wildman–Crippen MR) is 70.8 cm³/mol. The lowest BCUT2D eigenvalue weighted by Crippen LogP contribution is -2.48. The first-order valence-electron chi connectivity index (χ1n) is 6.78. The smallest absolute Gasteiger partial charge is 0.422 e. The van der Waals surface area contributed by atoms with Gasteiger partial charge in [-0.25, -0.2) is 10.2 Å². The maximum Gasteiger partial charge on any atom is 0.422 e. The minimum absolute atomic E-state index is 0.275. The number of hydrazine groups is 1. The molecule has 1 saturated carbocycles. The summed E-state index contributed by atoms with van der Waals surface area (Å²) in [7, 11) is 0. The summed E-state index contributed by atoms with van der Waals surface area (Å²) in [5.41, 5.74) is 5.26. The van der Waals surface area contributed by atoms with E-state index in [1.807, 2.05) is 20.8 Å². The molecule has 0 saturated heterocycles. The van der Waals surface area contributed by atoms with Gasteiger partial charge in [0.1, 0.15) is 5.60 Å². The molecule has 4 atom stereocenters. The van der Waals surface area contributed by atoms with Crippen LogP contribution in [0.3, 0.4) is 0 Å². The highest BCUT2D eigenvalue weighted by Crippen LogP contribution is 2.44. The summed E-state index contributed by atoms with van der Waals surface area (Å²) in [6.45, 7) is 7.70. The molecule has 2 aliphatic carbocycles. The first kappa shape index (κ1) is 13.4. The third-order valence-electron chi connectivity index (χ3n) is 3.77. The van der Waals surface area contributed by atoms with E-state index >= 15 is 0 Å². The maximum absolute atomic E-state index is 11.5. The molecule has 0 radical (unpaired) electrons. The Morgan fingerprint density at radius 3 is 2.56 bits per heavy atom. The number of ether oxygens (including phenoxy) is 1. The molecule has 0 spiro atoms. The van der Waals surface area contributed by atoms with Crippen LogP contribution in [0.1, 0.15) is 40.5 Å². The number of carbonyl (C=O) groups is 1. The highest BCUT2D eigenvalue weighted by atomic mass is 16.6. The first-order valence-corrected chi connectivity index (χ1v) is 6.78. The van der Waals surface area contributed by atoms with E-state index in [2.05, 4.69) is 29.9 Å². The summed E-state index contributed by atoms with van der Waals surface area (Å²) in [5.74, 6) is 2.05. The van der Waals surface area contributed by atoms with Crippen LogP contribution in [0.15, 0.2) is 12.2 Å². The third-order valence-corrected chi connectivity index (χ3v) is 3.77. The molecule has 0 aromatic rings. The van der Waals surface area contributed by atoms with Gasteiger partial charge in [0.05, 0.1) is 0 Å². The van der Waals surface area contributed by atoms with Crippen LogP contribution < -0.4 is 10.9 Å². The Bertz CT molecular complexity index is 346. The molecule has 0 aromatic carbocycles. The van der Waals surface area contributed by atoms with E-state index in [1.165, 1.54) is 12.8 Å². The number of amides is 1. The van der Waals surface area contributed by atoms with Crippen LogP contribution >= 0.6 is 0 Å². The van der Waals surface area contributed by atoms with Crippen molar-refractivity contribution in [3.8, 4) is 0 Å². The van der Waals surface area contributed by atoms with Crippen LogP contribution in [0.2, 0.25) is 0 Å². The Morgan fingerprint density at radius 1 is 1.33 bits per heavy atom. The molecule has 0 aromatic heterocycles. The molecule has 4 heteroatoms. The molecule has 2 bridgehead atoms. The van der Waals surface area contributed by atoms with E-state index in [-0.39, 0.29) is 6.04 Å². The van der Waals surface area contributed by atoms with Crippen molar-refractivity contribution in [2.24, 2.45) is 17.8 Å². The highest BCUT2D eigenvalue weighted by Gasteiger charge is 2.38. The van der Waals surface area contributed by atoms with Crippen molar-refractivity contribution in [2.75, 3.05) is 0 Å². The average molecular weight is 252 g/mol. The number of hydrogen-bond acceptors (Lipinski definition) is 3. The fraction of sp³-hybridized carbons (Fsp3) is 0.786. The minimum Gasteiger partial charge on any atom is -0.443 e. The Labute approximate surface area is 109 Å². The van der Waals surface area contributed by atoms with E-state index < -0.39 is 11.7 Å². The van der Waals surface area contributed by atoms with Crippen molar-refractivity contribution in [3.05, 3.63) is 12.2 Å². The standard InChI is InChI=1S/C14H24N2O2/c1-9(12-8-10-5-6-11(12)7-10)15-16-13(17)18-14(2,3)4/h5-6,9-12,15H,7-8H2,1-4H3,(H,16,17). The molecular formula is C14H24N2O2. The van der Waals surface area contributed by atoms with Crippen molar-refractivity contribution in [1.82, 2.24) is 10.9 Å². The normalized spacial score (nSPS) is 31.4. The van der Waals surface area contributed by atoms with Gasteiger partial charge in [-0.3, -0.25) is 5.43 Å². The Kier molecular flexibility index (Phi) is 3.66. The van der Waals surface area contributed by atoms with Gasteiger partial charge in [0.2, 0.25) is 0 Å². The number of allylic oxidation sites excluding steroid dienone is 2. The zero-order valence-electron chi connectivity index (χ0n) is 11.7. The van der Waals surface area contributed by atoms with Gasteiger partial charge >= 0.3 is 6.09 Å². The molecule has 0 heterocycles. The summed E-state index contributed by atoms with van der Waals surface area (Å²) in [6.07, 6.45) is 6.75. The molecule has 2 rings (SSSR count). The molecule has 102 valence electrons. The first-order chi connectivity index (χ1) is 8.35. The van der Waals surface area contributed by atoms with E-state index in [9.17, 15) is 4.79 Å². The van der Waals surface area contributed by atoms with Crippen molar-refractivity contribution in [1.29, 1.82) is 0 Å². The Morgan fingerprint density at radius 2 is 2.06 bits per heavy atom. The molecule has 4 nitrogen and oxygen atoms in total. The van der Waals surface area contributed by atoms with Crippen LogP contribution in [-0.2, 0) is 4.74 Å². The maximum atomic E-state index is 11.5. The van der Waals surface area contributed by atoms with Crippen LogP contribution in [-0.4, -0.2) is 17.7 Å². The largest absolute Gasteiger partial charge is 0.443 e. The SMILES string of the molecule is CC(NNC(=O)OC(C)(C)C)C1CC2C=CC1C2. The second kappa shape index (κ2) is 4.92. The lowest BCUT2D eigenvalue weighted by molar-refractivity contribution is 0.0479. The van der Waals surface area contributed by atoms with E-state index in [4.69, 9.17) is 4.74 Å². The number of rotatable bonds is 3. The van der Waals surface area contributed by atoms with Gasteiger partial charge in [0, 0.05) is 6.04 Å². The molecule has 0 aliphatic heterocycles. The van der Waals surface area contributed by atoms with Gasteiger partial charge < -0.3 is 4.74 Å². The lowest BCUT2D eigenvalue weighted by Gasteiger charge is -2.27. The van der Waals surface area contributed by atoms with E-state index in [1.54, 1.807) is 0 Å². The van der Waals surface area contributed by atoms with Gasteiger partial charge in [0.15, 0.2) is 0 Å². The summed E-state index contributed by atoms with van der Waals surface area (Å²) < 4.78 is 5.19. The number of nitrogens with one attached hydrogen (secondary N) is 2. The van der Waals surface area contributed by atoms with Gasteiger partial charge in [-0.1, -0.05) is 12.2 Å². The fourth-order valence-electron chi connectivity index (χ4n) is 2.98. The molecule has 2 aliphatic rings. The van der Waals surface area contributed by atoms with Crippen molar-refractivity contribution in [2.45, 2.75) is 52.2 Å². The number of fused-ring (bicyclic) bond motifs is 2. The van der Waals surface area contributed by atoms with Crippen molar-refractivity contribution in [3.63, 3.8) is 0 Å². The summed E-state index contributed by atoms with van der Waals surface area (Å²) in [4.78, 5) is 11.5. The molecule has 4 unspecified atom stereocenters. The molecule has 1 amide bonds. The van der Waals surface area contributed by atoms with Crippen LogP contribution in [0.5, 0.6) is 0 Å². The molecule has 1 fully saturated rings. The Balaban J connectivity index is 1.74. The van der Waals surface area contributed by atoms with Crippen LogP contribution in [0.4, 0.5) is 4.79 Å². The van der Waals surface area contributed by atoms with Gasteiger partial charge in [-0.2, -0.15) is 0 Å². The fourth-order valence-corrected chi connectivity index (χ4v) is 2.98. The van der Waals surface area contributed by atoms with Gasteiger partial charge in [-0.05, 0) is 58.3 Å². The quantitative estimate of drug-likeness (QED) is 0.599. The highest BCUT2D eigenvalue weighted by molar-refractivity contribution is 5.67. The van der Waals surface area contributed by atoms with Crippen LogP contribution in [0.25, 0.3) is 0 Å². The zero-order chi connectivity index (χ0) is 13.3. The number of carbonyl (C=O) groups excluding carboxylic acids is 1. The van der Waals surface area contributed by atoms with Crippen molar-refractivity contribution >= 4 is 6.09 Å². The van der Waals surface area contributed by atoms with E-state index in [0.717, 1.165) is 5.92 Å². The minimum atomic E-state index is -0.454. The molecule has 18 heavy (non-hydrogen) atoms. The molecule has 2 N–H and O–H groups in total. The summed E-state index contributed by atoms with van der Waals surface area (Å²) in [5, 5.41) is 0. The second-order valence-electron chi connectivity index (χ2n) is 6.50. The topological polar surface area (TPSA) is 50.4 Å². The van der Waals surface area contributed by atoms with Gasteiger partial charge in [0.25, 0.3) is 0 Å². The van der Waals surface area contributed by atoms with E-state index in [0.29, 0.717) is 11.8 Å². The second-order valence-corrected chi connectivity index (χ2v) is 6.50. The van der Waals surface area contributed by atoms with Gasteiger partial charge in [-0.15, -0.1) is 0 Å². The van der Waals surface area contributed by atoms with Crippen LogP contribution in [0, 0.1) is 17.8 Å². The predicted octanol–water partition coefficient (Wildman–Crippen LogP) is 2.62. The van der Waals surface area contributed by atoms with Crippen molar-refractivity contribution < 1.29 is 9.53 Å². The number of hydrogen-bond donors (Lipinski definition) is 2. The lowest BCUT2D eigenvalue weighted by atomic mass is 9.88. The Hall–Kier alpha value is -1.03.